The van der Waals surface area contributed by atoms with Crippen LogP contribution in [0.3, 0.4) is 0 Å². The van der Waals surface area contributed by atoms with Crippen LogP contribution in [0.4, 0.5) is 11.4 Å². The van der Waals surface area contributed by atoms with Crippen LogP contribution in [0.25, 0.3) is 0 Å². The molecule has 1 N–H and O–H groups in total. The predicted octanol–water partition coefficient (Wildman–Crippen LogP) is 4.03. The summed E-state index contributed by atoms with van der Waals surface area (Å²) >= 11 is 0. The molecule has 0 bridgehead atoms. The van der Waals surface area contributed by atoms with Gasteiger partial charge in [-0.3, -0.25) is 14.9 Å². The summed E-state index contributed by atoms with van der Waals surface area (Å²) in [4.78, 5) is 23.6. The molecule has 1 heterocycles. The number of hydrogen-bond acceptors (Lipinski definition) is 5. The first-order valence-electron chi connectivity index (χ1n) is 9.88. The zero-order valence-corrected chi connectivity index (χ0v) is 17.9. The van der Waals surface area contributed by atoms with Crippen LogP contribution in [-0.4, -0.2) is 36.6 Å². The zero-order valence-electron chi connectivity index (χ0n) is 17.1. The van der Waals surface area contributed by atoms with Gasteiger partial charge in [-0.2, -0.15) is 4.31 Å². The Morgan fingerprint density at radius 1 is 1.07 bits per heavy atom. The van der Waals surface area contributed by atoms with E-state index >= 15 is 0 Å². The minimum Gasteiger partial charge on any atom is -0.321 e. The van der Waals surface area contributed by atoms with Crippen molar-refractivity contribution in [1.29, 1.82) is 0 Å². The van der Waals surface area contributed by atoms with Gasteiger partial charge in [0.1, 0.15) is 0 Å². The molecule has 1 aliphatic heterocycles. The van der Waals surface area contributed by atoms with Gasteiger partial charge >= 0.3 is 0 Å². The molecule has 30 heavy (non-hydrogen) atoms. The molecule has 1 aliphatic rings. The molecule has 0 aliphatic carbocycles. The summed E-state index contributed by atoms with van der Waals surface area (Å²) in [5, 5.41) is 13.8. The minimum atomic E-state index is -3.69. The topological polar surface area (TPSA) is 110 Å². The number of amides is 1. The lowest BCUT2D eigenvalue weighted by Gasteiger charge is -2.20. The monoisotopic (exact) mass is 431 g/mol. The van der Waals surface area contributed by atoms with Crippen molar-refractivity contribution < 1.29 is 18.1 Å². The molecule has 2 aromatic rings. The molecule has 0 radical (unpaired) electrons. The second-order valence-corrected chi connectivity index (χ2v) is 9.39. The SMILES string of the molecule is Cc1ccc(S(=O)(=O)N2CCCCCC2)cc1C(=O)Nc1cccc([N+](=O)[O-])c1C. The highest BCUT2D eigenvalue weighted by molar-refractivity contribution is 7.89. The molecule has 2 aromatic carbocycles. The Morgan fingerprint density at radius 3 is 2.37 bits per heavy atom. The van der Waals surface area contributed by atoms with Crippen LogP contribution < -0.4 is 5.32 Å². The van der Waals surface area contributed by atoms with Crippen molar-refractivity contribution in [3.05, 3.63) is 63.2 Å². The smallest absolute Gasteiger partial charge is 0.274 e. The first-order valence-corrected chi connectivity index (χ1v) is 11.3. The Balaban J connectivity index is 1.91. The third-order valence-corrected chi connectivity index (χ3v) is 7.30. The van der Waals surface area contributed by atoms with E-state index in [1.807, 2.05) is 0 Å². The number of carbonyl (C=O) groups is 1. The number of hydrogen-bond donors (Lipinski definition) is 1. The maximum atomic E-state index is 13.1. The second kappa shape index (κ2) is 8.93. The van der Waals surface area contributed by atoms with Gasteiger partial charge in [-0.05, 0) is 50.5 Å². The average Bonchev–Trinajstić information content (AvgIpc) is 2.99. The molecule has 160 valence electrons. The highest BCUT2D eigenvalue weighted by Crippen LogP contribution is 2.27. The summed E-state index contributed by atoms with van der Waals surface area (Å²) in [5.41, 5.74) is 1.39. The molecule has 0 saturated carbocycles. The van der Waals surface area contributed by atoms with E-state index < -0.39 is 20.9 Å². The van der Waals surface area contributed by atoms with Crippen LogP contribution in [0.15, 0.2) is 41.3 Å². The number of carbonyl (C=O) groups excluding carboxylic acids is 1. The highest BCUT2D eigenvalue weighted by atomic mass is 32.2. The fourth-order valence-corrected chi connectivity index (χ4v) is 5.13. The summed E-state index contributed by atoms with van der Waals surface area (Å²) < 4.78 is 27.6. The summed E-state index contributed by atoms with van der Waals surface area (Å²) in [6, 6.07) is 8.95. The molecule has 9 heteroatoms. The van der Waals surface area contributed by atoms with Crippen molar-refractivity contribution in [1.82, 2.24) is 4.31 Å². The number of nitro groups is 1. The van der Waals surface area contributed by atoms with Crippen LogP contribution in [-0.2, 0) is 10.0 Å². The lowest BCUT2D eigenvalue weighted by molar-refractivity contribution is -0.385. The zero-order chi connectivity index (χ0) is 21.9. The van der Waals surface area contributed by atoms with Gasteiger partial charge in [0.05, 0.1) is 21.1 Å². The summed E-state index contributed by atoms with van der Waals surface area (Å²) in [5.74, 6) is -0.510. The highest BCUT2D eigenvalue weighted by Gasteiger charge is 2.26. The molecule has 0 unspecified atom stereocenters. The lowest BCUT2D eigenvalue weighted by atomic mass is 10.1. The minimum absolute atomic E-state index is 0.0796. The maximum Gasteiger partial charge on any atom is 0.274 e. The quantitative estimate of drug-likeness (QED) is 0.568. The molecule has 0 aromatic heterocycles. The largest absolute Gasteiger partial charge is 0.321 e. The molecule has 8 nitrogen and oxygen atoms in total. The summed E-state index contributed by atoms with van der Waals surface area (Å²) in [7, 11) is -3.69. The first kappa shape index (κ1) is 21.9. The number of anilines is 1. The van der Waals surface area contributed by atoms with E-state index in [1.54, 1.807) is 26.0 Å². The van der Waals surface area contributed by atoms with Gasteiger partial charge in [0.15, 0.2) is 0 Å². The molecular formula is C21H25N3O5S. The van der Waals surface area contributed by atoms with E-state index in [0.29, 0.717) is 29.9 Å². The number of nitrogens with one attached hydrogen (secondary N) is 1. The van der Waals surface area contributed by atoms with Crippen molar-refractivity contribution in [3.63, 3.8) is 0 Å². The van der Waals surface area contributed by atoms with Crippen LogP contribution in [0.1, 0.15) is 47.2 Å². The number of rotatable bonds is 5. The van der Waals surface area contributed by atoms with E-state index in [0.717, 1.165) is 25.7 Å². The third-order valence-electron chi connectivity index (χ3n) is 5.41. The van der Waals surface area contributed by atoms with E-state index in [1.165, 1.54) is 28.6 Å². The van der Waals surface area contributed by atoms with E-state index in [9.17, 15) is 23.3 Å². The molecule has 0 atom stereocenters. The van der Waals surface area contributed by atoms with Gasteiger partial charge in [0.2, 0.25) is 10.0 Å². The van der Waals surface area contributed by atoms with Gasteiger partial charge in [0.25, 0.3) is 11.6 Å². The molecule has 1 amide bonds. The van der Waals surface area contributed by atoms with Crippen LogP contribution in [0.2, 0.25) is 0 Å². The number of nitrogens with zero attached hydrogens (tertiary/aromatic N) is 2. The van der Waals surface area contributed by atoms with Crippen molar-refractivity contribution in [3.8, 4) is 0 Å². The Kier molecular flexibility index (Phi) is 6.52. The summed E-state index contributed by atoms with van der Waals surface area (Å²) in [6.45, 7) is 4.23. The third kappa shape index (κ3) is 4.52. The van der Waals surface area contributed by atoms with Crippen molar-refractivity contribution in [2.75, 3.05) is 18.4 Å². The first-order chi connectivity index (χ1) is 14.2. The van der Waals surface area contributed by atoms with Gasteiger partial charge in [-0.25, -0.2) is 8.42 Å². The molecular weight excluding hydrogens is 406 g/mol. The number of aryl methyl sites for hydroxylation is 1. The standard InChI is InChI=1S/C21H25N3O5S/c1-15-10-11-17(30(28,29)23-12-5-3-4-6-13-23)14-18(15)21(25)22-19-8-7-9-20(16(19)2)24(26)27/h7-11,14H,3-6,12-13H2,1-2H3,(H,22,25). The van der Waals surface area contributed by atoms with Crippen LogP contribution in [0.5, 0.6) is 0 Å². The number of sulfonamides is 1. The van der Waals surface area contributed by atoms with Crippen molar-refractivity contribution in [2.45, 2.75) is 44.4 Å². The fourth-order valence-electron chi connectivity index (χ4n) is 3.58. The molecule has 1 saturated heterocycles. The van der Waals surface area contributed by atoms with E-state index in [4.69, 9.17) is 0 Å². The van der Waals surface area contributed by atoms with Gasteiger partial charge < -0.3 is 5.32 Å². The lowest BCUT2D eigenvalue weighted by Crippen LogP contribution is -2.32. The molecule has 0 spiro atoms. The number of nitro benzene ring substituents is 1. The van der Waals surface area contributed by atoms with Crippen LogP contribution in [0, 0.1) is 24.0 Å². The van der Waals surface area contributed by atoms with E-state index in [-0.39, 0.29) is 16.1 Å². The fraction of sp³-hybridized carbons (Fsp3) is 0.381. The van der Waals surface area contributed by atoms with Crippen molar-refractivity contribution in [2.24, 2.45) is 0 Å². The predicted molar refractivity (Wildman–Crippen MR) is 114 cm³/mol. The van der Waals surface area contributed by atoms with Crippen LogP contribution >= 0.6 is 0 Å². The Labute approximate surface area is 176 Å². The number of benzene rings is 2. The second-order valence-electron chi connectivity index (χ2n) is 7.46. The van der Waals surface area contributed by atoms with Gasteiger partial charge in [0, 0.05) is 24.7 Å². The Morgan fingerprint density at radius 2 is 1.73 bits per heavy atom. The Hall–Kier alpha value is -2.78. The van der Waals surface area contributed by atoms with Crippen molar-refractivity contribution >= 4 is 27.3 Å². The van der Waals surface area contributed by atoms with Gasteiger partial charge in [-0.1, -0.05) is 25.0 Å². The molecule has 1 fully saturated rings. The van der Waals surface area contributed by atoms with E-state index in [2.05, 4.69) is 5.32 Å². The summed E-state index contributed by atoms with van der Waals surface area (Å²) in [6.07, 6.45) is 3.67. The normalized spacial score (nSPS) is 15.4. The maximum absolute atomic E-state index is 13.1. The Bertz CT molecular complexity index is 1070. The molecule has 3 rings (SSSR count). The average molecular weight is 432 g/mol. The van der Waals surface area contributed by atoms with Gasteiger partial charge in [-0.15, -0.1) is 0 Å².